The lowest BCUT2D eigenvalue weighted by atomic mass is 9.95. The molecule has 2 heterocycles. The zero-order valence-corrected chi connectivity index (χ0v) is 17.5. The summed E-state index contributed by atoms with van der Waals surface area (Å²) >= 11 is 0. The van der Waals surface area contributed by atoms with Gasteiger partial charge in [0.05, 0.1) is 25.8 Å². The molecular formula is C23H19FN2O6. The molecule has 32 heavy (non-hydrogen) atoms. The summed E-state index contributed by atoms with van der Waals surface area (Å²) in [4.78, 5) is 27.1. The number of anilines is 1. The van der Waals surface area contributed by atoms with Crippen LogP contribution < -0.4 is 14.4 Å². The molecular weight excluding hydrogens is 419 g/mol. The van der Waals surface area contributed by atoms with Crippen LogP contribution in [0, 0.1) is 12.7 Å². The summed E-state index contributed by atoms with van der Waals surface area (Å²) in [5.41, 5.74) is 0.479. The number of aryl methyl sites for hydroxylation is 1. The number of ether oxygens (including phenoxy) is 2. The van der Waals surface area contributed by atoms with Gasteiger partial charge < -0.3 is 19.1 Å². The number of amides is 1. The van der Waals surface area contributed by atoms with E-state index in [0.29, 0.717) is 22.8 Å². The quantitative estimate of drug-likeness (QED) is 0.368. The van der Waals surface area contributed by atoms with Crippen molar-refractivity contribution in [2.24, 2.45) is 0 Å². The highest BCUT2D eigenvalue weighted by Crippen LogP contribution is 2.42. The fourth-order valence-corrected chi connectivity index (χ4v) is 3.64. The minimum absolute atomic E-state index is 0.102. The Labute approximate surface area is 182 Å². The molecule has 1 aromatic heterocycles. The van der Waals surface area contributed by atoms with Crippen molar-refractivity contribution in [1.29, 1.82) is 0 Å². The molecule has 0 radical (unpaired) electrons. The Balaban J connectivity index is 1.93. The van der Waals surface area contributed by atoms with E-state index in [9.17, 15) is 19.1 Å². The van der Waals surface area contributed by atoms with Crippen molar-refractivity contribution in [3.8, 4) is 11.5 Å². The Morgan fingerprint density at radius 2 is 1.75 bits per heavy atom. The summed E-state index contributed by atoms with van der Waals surface area (Å²) in [5.74, 6) is -1.41. The molecule has 0 aliphatic carbocycles. The molecule has 2 aromatic carbocycles. The van der Waals surface area contributed by atoms with Crippen LogP contribution in [0.4, 0.5) is 10.2 Å². The Hall–Kier alpha value is -4.14. The molecule has 0 bridgehead atoms. The number of aliphatic hydroxyl groups is 1. The molecule has 4 rings (SSSR count). The van der Waals surface area contributed by atoms with Crippen molar-refractivity contribution in [2.45, 2.75) is 13.0 Å². The summed E-state index contributed by atoms with van der Waals surface area (Å²) in [5, 5.41) is 15.0. The molecule has 8 nitrogen and oxygen atoms in total. The Kier molecular flexibility index (Phi) is 5.40. The third kappa shape index (κ3) is 3.47. The maximum absolute atomic E-state index is 13.6. The van der Waals surface area contributed by atoms with Crippen molar-refractivity contribution < 1.29 is 33.1 Å². The van der Waals surface area contributed by atoms with Crippen LogP contribution in [-0.2, 0) is 9.59 Å². The van der Waals surface area contributed by atoms with Crippen molar-refractivity contribution in [3.05, 3.63) is 76.8 Å². The minimum Gasteiger partial charge on any atom is -0.507 e. The first-order chi connectivity index (χ1) is 15.3. The highest BCUT2D eigenvalue weighted by Gasteiger charge is 2.48. The lowest BCUT2D eigenvalue weighted by Crippen LogP contribution is -2.29. The average molecular weight is 438 g/mol. The van der Waals surface area contributed by atoms with Gasteiger partial charge in [0.15, 0.2) is 17.3 Å². The van der Waals surface area contributed by atoms with E-state index in [0.717, 1.165) is 4.90 Å². The van der Waals surface area contributed by atoms with E-state index in [-0.39, 0.29) is 17.0 Å². The molecule has 1 fully saturated rings. The molecule has 0 saturated carbocycles. The van der Waals surface area contributed by atoms with Crippen molar-refractivity contribution in [3.63, 3.8) is 0 Å². The van der Waals surface area contributed by atoms with E-state index in [1.54, 1.807) is 13.0 Å². The standard InChI is InChI=1S/C23H19FN2O6/c1-12-10-18(25-32-12)26-20(13-4-7-15(24)8-5-13)19(22(28)23(26)29)21(27)14-6-9-16(30-2)17(11-14)31-3/h4-11,20,27H,1-3H3/b21-19+/t20-/m1/s1. The predicted octanol–water partition coefficient (Wildman–Crippen LogP) is 3.77. The number of halogens is 1. The second-order valence-corrected chi connectivity index (χ2v) is 7.09. The van der Waals surface area contributed by atoms with Crippen LogP contribution in [0.5, 0.6) is 11.5 Å². The van der Waals surface area contributed by atoms with Crippen molar-refractivity contribution in [1.82, 2.24) is 5.16 Å². The van der Waals surface area contributed by atoms with Crippen LogP contribution in [0.3, 0.4) is 0 Å². The zero-order chi connectivity index (χ0) is 23.0. The molecule has 1 aliphatic heterocycles. The van der Waals surface area contributed by atoms with E-state index in [1.165, 1.54) is 56.7 Å². The molecule has 164 valence electrons. The number of benzene rings is 2. The summed E-state index contributed by atoms with van der Waals surface area (Å²) in [6, 6.07) is 10.3. The maximum Gasteiger partial charge on any atom is 0.301 e. The SMILES string of the molecule is COc1ccc(/C(O)=C2\C(=O)C(=O)N(c3cc(C)on3)[C@@H]2c2ccc(F)cc2)cc1OC. The summed E-state index contributed by atoms with van der Waals surface area (Å²) < 4.78 is 29.1. The van der Waals surface area contributed by atoms with Crippen LogP contribution in [0.1, 0.15) is 22.9 Å². The van der Waals surface area contributed by atoms with Gasteiger partial charge in [-0.05, 0) is 42.8 Å². The zero-order valence-electron chi connectivity index (χ0n) is 17.5. The van der Waals surface area contributed by atoms with E-state index >= 15 is 0 Å². The van der Waals surface area contributed by atoms with Crippen molar-refractivity contribution >= 4 is 23.3 Å². The second-order valence-electron chi connectivity index (χ2n) is 7.09. The molecule has 0 spiro atoms. The number of rotatable bonds is 5. The Bertz CT molecular complexity index is 1230. The highest BCUT2D eigenvalue weighted by molar-refractivity contribution is 6.51. The second kappa shape index (κ2) is 8.18. The summed E-state index contributed by atoms with van der Waals surface area (Å²) in [7, 11) is 2.91. The Morgan fingerprint density at radius 3 is 2.34 bits per heavy atom. The van der Waals surface area contributed by atoms with Crippen molar-refractivity contribution in [2.75, 3.05) is 19.1 Å². The lowest BCUT2D eigenvalue weighted by molar-refractivity contribution is -0.132. The van der Waals surface area contributed by atoms with Gasteiger partial charge in [-0.1, -0.05) is 17.3 Å². The van der Waals surface area contributed by atoms with Crippen LogP contribution in [0.15, 0.2) is 58.6 Å². The van der Waals surface area contributed by atoms with Gasteiger partial charge in [-0.3, -0.25) is 14.5 Å². The number of nitrogens with zero attached hydrogens (tertiary/aromatic N) is 2. The average Bonchev–Trinajstić information content (AvgIpc) is 3.34. The number of aliphatic hydroxyl groups excluding tert-OH is 1. The van der Waals surface area contributed by atoms with Gasteiger partial charge in [0.25, 0.3) is 5.78 Å². The van der Waals surface area contributed by atoms with Gasteiger partial charge in [0.1, 0.15) is 17.3 Å². The van der Waals surface area contributed by atoms with Gasteiger partial charge in [0.2, 0.25) is 0 Å². The number of hydrogen-bond donors (Lipinski definition) is 1. The molecule has 3 aromatic rings. The van der Waals surface area contributed by atoms with Crippen LogP contribution in [-0.4, -0.2) is 36.2 Å². The first kappa shape index (κ1) is 21.1. The van der Waals surface area contributed by atoms with E-state index in [4.69, 9.17) is 14.0 Å². The number of carbonyl (C=O) groups excluding carboxylic acids is 2. The van der Waals surface area contributed by atoms with Gasteiger partial charge in [0, 0.05) is 11.6 Å². The molecule has 1 amide bonds. The lowest BCUT2D eigenvalue weighted by Gasteiger charge is -2.22. The number of carbonyl (C=O) groups is 2. The number of Topliss-reactive ketones (excluding diaryl/α,β-unsaturated/α-hetero) is 1. The normalized spacial score (nSPS) is 17.6. The first-order valence-electron chi connectivity index (χ1n) is 9.58. The van der Waals surface area contributed by atoms with Crippen LogP contribution in [0.25, 0.3) is 5.76 Å². The highest BCUT2D eigenvalue weighted by atomic mass is 19.1. The van der Waals surface area contributed by atoms with E-state index in [1.807, 2.05) is 0 Å². The van der Waals surface area contributed by atoms with Gasteiger partial charge >= 0.3 is 5.91 Å². The third-order valence-corrected chi connectivity index (χ3v) is 5.15. The van der Waals surface area contributed by atoms with E-state index in [2.05, 4.69) is 5.16 Å². The number of aromatic nitrogens is 1. The molecule has 1 N–H and O–H groups in total. The number of methoxy groups -OCH3 is 2. The van der Waals surface area contributed by atoms with E-state index < -0.39 is 29.3 Å². The monoisotopic (exact) mass is 438 g/mol. The van der Waals surface area contributed by atoms with Gasteiger partial charge in [-0.25, -0.2) is 4.39 Å². The summed E-state index contributed by atoms with van der Waals surface area (Å²) in [6.07, 6.45) is 0. The molecule has 0 unspecified atom stereocenters. The summed E-state index contributed by atoms with van der Waals surface area (Å²) in [6.45, 7) is 1.64. The predicted molar refractivity (Wildman–Crippen MR) is 112 cm³/mol. The maximum atomic E-state index is 13.6. The number of hydrogen-bond acceptors (Lipinski definition) is 7. The fourth-order valence-electron chi connectivity index (χ4n) is 3.64. The topological polar surface area (TPSA) is 102 Å². The van der Waals surface area contributed by atoms with Crippen LogP contribution >= 0.6 is 0 Å². The molecule has 1 aliphatic rings. The number of ketones is 1. The largest absolute Gasteiger partial charge is 0.507 e. The van der Waals surface area contributed by atoms with Gasteiger partial charge in [-0.2, -0.15) is 0 Å². The molecule has 1 atom stereocenters. The first-order valence-corrected chi connectivity index (χ1v) is 9.58. The fraction of sp³-hybridized carbons (Fsp3) is 0.174. The molecule has 9 heteroatoms. The third-order valence-electron chi connectivity index (χ3n) is 5.15. The Morgan fingerprint density at radius 1 is 1.06 bits per heavy atom. The molecule has 1 saturated heterocycles. The van der Waals surface area contributed by atoms with Crippen LogP contribution in [0.2, 0.25) is 0 Å². The minimum atomic E-state index is -1.05. The smallest absolute Gasteiger partial charge is 0.301 e. The van der Waals surface area contributed by atoms with Gasteiger partial charge in [-0.15, -0.1) is 0 Å².